The van der Waals surface area contributed by atoms with Crippen LogP contribution in [0.15, 0.2) is 22.0 Å². The molecule has 0 saturated heterocycles. The van der Waals surface area contributed by atoms with E-state index in [4.69, 9.17) is 10.3 Å². The topological polar surface area (TPSA) is 64.9 Å². The van der Waals surface area contributed by atoms with Crippen LogP contribution in [0.4, 0.5) is 0 Å². The van der Waals surface area contributed by atoms with Gasteiger partial charge in [-0.3, -0.25) is 0 Å². The van der Waals surface area contributed by atoms with Crippen LogP contribution in [0.2, 0.25) is 0 Å². The number of thiophene rings is 1. The quantitative estimate of drug-likeness (QED) is 0.888. The molecule has 0 radical (unpaired) electrons. The number of hydrogen-bond acceptors (Lipinski definition) is 5. The highest BCUT2D eigenvalue weighted by Crippen LogP contribution is 2.25. The maximum Gasteiger partial charge on any atom is 0.244 e. The van der Waals surface area contributed by atoms with Crippen LogP contribution in [0.5, 0.6) is 0 Å². The molecule has 0 aromatic carbocycles. The molecule has 0 aliphatic rings. The fourth-order valence-electron chi connectivity index (χ4n) is 1.37. The Balaban J connectivity index is 2.20. The molecule has 2 unspecified atom stereocenters. The third-order valence-corrected chi connectivity index (χ3v) is 3.59. The van der Waals surface area contributed by atoms with Crippen LogP contribution in [0.3, 0.4) is 0 Å². The van der Waals surface area contributed by atoms with Gasteiger partial charge in [0.25, 0.3) is 0 Å². The summed E-state index contributed by atoms with van der Waals surface area (Å²) in [5, 5.41) is 5.93. The minimum Gasteiger partial charge on any atom is -0.337 e. The molecule has 5 heteroatoms. The average Bonchev–Trinajstić information content (AvgIpc) is 2.96. The van der Waals surface area contributed by atoms with Crippen molar-refractivity contribution in [1.82, 2.24) is 10.1 Å². The molecule has 2 N–H and O–H groups in total. The van der Waals surface area contributed by atoms with Gasteiger partial charge in [-0.05, 0) is 17.4 Å². The summed E-state index contributed by atoms with van der Waals surface area (Å²) in [6.45, 7) is 4.18. The van der Waals surface area contributed by atoms with Gasteiger partial charge in [-0.25, -0.2) is 0 Å². The Hall–Kier alpha value is -1.20. The van der Waals surface area contributed by atoms with Gasteiger partial charge in [-0.2, -0.15) is 4.98 Å². The molecule has 16 heavy (non-hydrogen) atoms. The molecule has 2 aromatic heterocycles. The molecule has 4 nitrogen and oxygen atoms in total. The first-order valence-corrected chi connectivity index (χ1v) is 6.23. The van der Waals surface area contributed by atoms with Gasteiger partial charge in [0.05, 0.1) is 10.9 Å². The lowest BCUT2D eigenvalue weighted by molar-refractivity contribution is 0.312. The van der Waals surface area contributed by atoms with Crippen LogP contribution in [-0.4, -0.2) is 10.1 Å². The van der Waals surface area contributed by atoms with E-state index < -0.39 is 0 Å². The average molecular weight is 237 g/mol. The fraction of sp³-hybridized carbons (Fsp3) is 0.455. The highest BCUT2D eigenvalue weighted by Gasteiger charge is 2.20. The number of hydrogen-bond donors (Lipinski definition) is 1. The van der Waals surface area contributed by atoms with Crippen molar-refractivity contribution in [2.75, 3.05) is 0 Å². The van der Waals surface area contributed by atoms with E-state index in [-0.39, 0.29) is 6.04 Å². The normalized spacial score (nSPS) is 14.9. The molecule has 0 bridgehead atoms. The van der Waals surface area contributed by atoms with E-state index >= 15 is 0 Å². The monoisotopic (exact) mass is 237 g/mol. The molecule has 0 aliphatic carbocycles. The van der Waals surface area contributed by atoms with Crippen molar-refractivity contribution in [3.63, 3.8) is 0 Å². The lowest BCUT2D eigenvalue weighted by Crippen LogP contribution is -2.18. The molecule has 0 amide bonds. The van der Waals surface area contributed by atoms with Gasteiger partial charge in [0.2, 0.25) is 11.7 Å². The number of rotatable bonds is 4. The second-order valence-electron chi connectivity index (χ2n) is 3.84. The predicted octanol–water partition coefficient (Wildman–Crippen LogP) is 2.84. The Labute approximate surface area is 98.5 Å². The lowest BCUT2D eigenvalue weighted by Gasteiger charge is -2.12. The minimum absolute atomic E-state index is 0.175. The molecular formula is C11H15N3OS. The molecule has 2 heterocycles. The molecule has 86 valence electrons. The van der Waals surface area contributed by atoms with Crippen LogP contribution < -0.4 is 5.73 Å². The maximum absolute atomic E-state index is 6.02. The molecule has 2 atom stereocenters. The molecule has 2 rings (SSSR count). The summed E-state index contributed by atoms with van der Waals surface area (Å²) in [6, 6.07) is 3.75. The van der Waals surface area contributed by atoms with Crippen molar-refractivity contribution in [3.8, 4) is 10.7 Å². The van der Waals surface area contributed by atoms with Crippen molar-refractivity contribution in [3.05, 3.63) is 23.4 Å². The Morgan fingerprint density at radius 2 is 2.38 bits per heavy atom. The third kappa shape index (κ3) is 2.15. The van der Waals surface area contributed by atoms with E-state index in [0.29, 0.717) is 17.6 Å². The summed E-state index contributed by atoms with van der Waals surface area (Å²) in [6.07, 6.45) is 0.998. The largest absolute Gasteiger partial charge is 0.337 e. The van der Waals surface area contributed by atoms with Crippen LogP contribution >= 0.6 is 11.3 Å². The SMILES string of the molecule is CCC(C)C(N)c1nc(-c2cccs2)no1. The van der Waals surface area contributed by atoms with Crippen molar-refractivity contribution >= 4 is 11.3 Å². The first-order valence-electron chi connectivity index (χ1n) is 5.35. The van der Waals surface area contributed by atoms with Gasteiger partial charge in [-0.15, -0.1) is 11.3 Å². The first kappa shape index (κ1) is 11.3. The summed E-state index contributed by atoms with van der Waals surface area (Å²) in [4.78, 5) is 5.34. The summed E-state index contributed by atoms with van der Waals surface area (Å²) in [5.74, 6) is 1.50. The first-order chi connectivity index (χ1) is 7.72. The zero-order valence-corrected chi connectivity index (χ0v) is 10.2. The van der Waals surface area contributed by atoms with E-state index in [0.717, 1.165) is 11.3 Å². The van der Waals surface area contributed by atoms with Crippen LogP contribution in [0.1, 0.15) is 32.2 Å². The Morgan fingerprint density at radius 3 is 3.00 bits per heavy atom. The number of nitrogens with zero attached hydrogens (tertiary/aromatic N) is 2. The van der Waals surface area contributed by atoms with Crippen molar-refractivity contribution in [2.24, 2.45) is 11.7 Å². The molecule has 0 fully saturated rings. The van der Waals surface area contributed by atoms with Crippen LogP contribution in [0, 0.1) is 5.92 Å². The van der Waals surface area contributed by atoms with Gasteiger partial charge in [0, 0.05) is 0 Å². The summed E-state index contributed by atoms with van der Waals surface area (Å²) in [5.41, 5.74) is 6.02. The van der Waals surface area contributed by atoms with Crippen LogP contribution in [0.25, 0.3) is 10.7 Å². The third-order valence-electron chi connectivity index (χ3n) is 2.73. The molecule has 0 aliphatic heterocycles. The van der Waals surface area contributed by atoms with Gasteiger partial charge in [0.1, 0.15) is 0 Å². The van der Waals surface area contributed by atoms with E-state index in [1.165, 1.54) is 0 Å². The van der Waals surface area contributed by atoms with Gasteiger partial charge < -0.3 is 10.3 Å². The highest BCUT2D eigenvalue weighted by atomic mass is 32.1. The van der Waals surface area contributed by atoms with E-state index in [1.807, 2.05) is 17.5 Å². The zero-order chi connectivity index (χ0) is 11.5. The van der Waals surface area contributed by atoms with Crippen molar-refractivity contribution in [2.45, 2.75) is 26.3 Å². The van der Waals surface area contributed by atoms with E-state index in [2.05, 4.69) is 24.0 Å². The summed E-state index contributed by atoms with van der Waals surface area (Å²) < 4.78 is 5.19. The van der Waals surface area contributed by atoms with Crippen molar-refractivity contribution < 1.29 is 4.52 Å². The second-order valence-corrected chi connectivity index (χ2v) is 4.79. The van der Waals surface area contributed by atoms with Crippen molar-refractivity contribution in [1.29, 1.82) is 0 Å². The Morgan fingerprint density at radius 1 is 1.56 bits per heavy atom. The molecule has 2 aromatic rings. The lowest BCUT2D eigenvalue weighted by atomic mass is 10.0. The highest BCUT2D eigenvalue weighted by molar-refractivity contribution is 7.13. The molecule has 0 saturated carbocycles. The molecule has 0 spiro atoms. The Kier molecular flexibility index (Phi) is 3.36. The number of aromatic nitrogens is 2. The Bertz CT molecular complexity index is 438. The molecular weight excluding hydrogens is 222 g/mol. The standard InChI is InChI=1S/C11H15N3OS/c1-3-7(2)9(12)11-13-10(14-15-11)8-5-4-6-16-8/h4-7,9H,3,12H2,1-2H3. The zero-order valence-electron chi connectivity index (χ0n) is 9.38. The second kappa shape index (κ2) is 4.76. The summed E-state index contributed by atoms with van der Waals surface area (Å²) >= 11 is 1.59. The predicted molar refractivity (Wildman–Crippen MR) is 64.0 cm³/mol. The van der Waals surface area contributed by atoms with E-state index in [9.17, 15) is 0 Å². The summed E-state index contributed by atoms with van der Waals surface area (Å²) in [7, 11) is 0. The maximum atomic E-state index is 6.02. The van der Waals surface area contributed by atoms with Crippen LogP contribution in [-0.2, 0) is 0 Å². The van der Waals surface area contributed by atoms with Gasteiger partial charge in [0.15, 0.2) is 0 Å². The van der Waals surface area contributed by atoms with Gasteiger partial charge in [-0.1, -0.05) is 31.5 Å². The minimum atomic E-state index is -0.175. The number of nitrogens with two attached hydrogens (primary N) is 1. The van der Waals surface area contributed by atoms with Gasteiger partial charge >= 0.3 is 0 Å². The van der Waals surface area contributed by atoms with E-state index in [1.54, 1.807) is 11.3 Å². The fourth-order valence-corrected chi connectivity index (χ4v) is 2.02. The smallest absolute Gasteiger partial charge is 0.244 e.